The van der Waals surface area contributed by atoms with E-state index in [0.29, 0.717) is 17.7 Å². The van der Waals surface area contributed by atoms with E-state index in [0.717, 1.165) is 22.4 Å². The molecule has 0 aliphatic carbocycles. The summed E-state index contributed by atoms with van der Waals surface area (Å²) in [6, 6.07) is 15.4. The molecule has 1 amide bonds. The zero-order valence-corrected chi connectivity index (χ0v) is 22.3. The number of aromatic nitrogens is 1. The molecule has 3 aromatic rings. The molecule has 0 spiro atoms. The Labute approximate surface area is 222 Å². The molecule has 3 N–H and O–H groups in total. The van der Waals surface area contributed by atoms with Crippen molar-refractivity contribution in [3.05, 3.63) is 71.8 Å². The number of nitrogens with zero attached hydrogens (tertiary/aromatic N) is 1. The van der Waals surface area contributed by atoms with Gasteiger partial charge in [-0.25, -0.2) is 4.39 Å². The molecule has 38 heavy (non-hydrogen) atoms. The van der Waals surface area contributed by atoms with Crippen molar-refractivity contribution < 1.29 is 29.3 Å². The number of carboxylic acids is 1. The number of amides is 1. The smallest absolute Gasteiger partial charge is 0.268 e. The Hall–Kier alpha value is -3.49. The van der Waals surface area contributed by atoms with Crippen molar-refractivity contribution in [1.82, 2.24) is 9.88 Å². The highest BCUT2D eigenvalue weighted by atomic mass is 19.1. The summed E-state index contributed by atoms with van der Waals surface area (Å²) in [4.78, 5) is 24.5. The van der Waals surface area contributed by atoms with Crippen LogP contribution in [0.25, 0.3) is 22.3 Å². The fourth-order valence-electron chi connectivity index (χ4n) is 4.83. The number of halogens is 1. The number of hydrogen-bond acceptors (Lipinski definition) is 5. The van der Waals surface area contributed by atoms with Crippen molar-refractivity contribution in [2.24, 2.45) is 0 Å². The van der Waals surface area contributed by atoms with Crippen LogP contribution in [-0.2, 0) is 11.2 Å². The lowest BCUT2D eigenvalue weighted by Gasteiger charge is -2.20. The van der Waals surface area contributed by atoms with Crippen LogP contribution in [0.5, 0.6) is 0 Å². The van der Waals surface area contributed by atoms with E-state index in [1.165, 1.54) is 12.1 Å². The minimum atomic E-state index is -1.38. The summed E-state index contributed by atoms with van der Waals surface area (Å²) in [6.07, 6.45) is -2.33. The van der Waals surface area contributed by atoms with Crippen LogP contribution in [0.15, 0.2) is 54.6 Å². The van der Waals surface area contributed by atoms with Crippen LogP contribution in [0, 0.1) is 5.82 Å². The Morgan fingerprint density at radius 3 is 2.08 bits per heavy atom. The van der Waals surface area contributed by atoms with E-state index in [9.17, 15) is 29.3 Å². The molecular formula is C30H36FN2O5-. The number of rotatable bonds is 12. The lowest BCUT2D eigenvalue weighted by molar-refractivity contribution is -0.307. The highest BCUT2D eigenvalue weighted by molar-refractivity contribution is 6.05. The monoisotopic (exact) mass is 523 g/mol. The van der Waals surface area contributed by atoms with E-state index in [-0.39, 0.29) is 36.6 Å². The SMILES string of the molecule is CC(C)NC(=O)c1c(-c2ccccc2)c(-c2ccc(F)cc2)c(CC[C@@H](O)C[C@@H](O)CC(=O)[O-])n1C(C)C. The Morgan fingerprint density at radius 1 is 0.921 bits per heavy atom. The first-order valence-electron chi connectivity index (χ1n) is 12.9. The number of benzene rings is 2. The average molecular weight is 524 g/mol. The largest absolute Gasteiger partial charge is 0.550 e. The van der Waals surface area contributed by atoms with Gasteiger partial charge in [-0.05, 0) is 70.2 Å². The van der Waals surface area contributed by atoms with E-state index in [1.807, 2.05) is 62.6 Å². The quantitative estimate of drug-likeness (QED) is 0.334. The zero-order valence-electron chi connectivity index (χ0n) is 22.3. The fraction of sp³-hybridized carbons (Fsp3) is 0.400. The van der Waals surface area contributed by atoms with Crippen LogP contribution >= 0.6 is 0 Å². The third-order valence-corrected chi connectivity index (χ3v) is 6.31. The number of carboxylic acid groups (broad SMARTS) is 1. The van der Waals surface area contributed by atoms with Gasteiger partial charge in [-0.3, -0.25) is 4.79 Å². The molecule has 3 rings (SSSR count). The highest BCUT2D eigenvalue weighted by Crippen LogP contribution is 2.42. The van der Waals surface area contributed by atoms with Crippen LogP contribution in [0.4, 0.5) is 4.39 Å². The van der Waals surface area contributed by atoms with Gasteiger partial charge in [-0.1, -0.05) is 42.5 Å². The van der Waals surface area contributed by atoms with Crippen molar-refractivity contribution in [3.63, 3.8) is 0 Å². The molecule has 0 bridgehead atoms. The summed E-state index contributed by atoms with van der Waals surface area (Å²) >= 11 is 0. The van der Waals surface area contributed by atoms with E-state index < -0.39 is 24.6 Å². The summed E-state index contributed by atoms with van der Waals surface area (Å²) in [5.41, 5.74) is 4.29. The van der Waals surface area contributed by atoms with Gasteiger partial charge < -0.3 is 30.0 Å². The number of aliphatic hydroxyl groups is 2. The zero-order chi connectivity index (χ0) is 28.0. The highest BCUT2D eigenvalue weighted by Gasteiger charge is 2.30. The molecular weight excluding hydrogens is 487 g/mol. The first kappa shape index (κ1) is 29.1. The van der Waals surface area contributed by atoms with Crippen molar-refractivity contribution >= 4 is 11.9 Å². The van der Waals surface area contributed by atoms with Crippen LogP contribution in [0.1, 0.15) is 69.2 Å². The molecule has 2 aromatic carbocycles. The van der Waals surface area contributed by atoms with Crippen molar-refractivity contribution in [2.75, 3.05) is 0 Å². The van der Waals surface area contributed by atoms with Gasteiger partial charge in [0.1, 0.15) is 11.5 Å². The van der Waals surface area contributed by atoms with Gasteiger partial charge in [0.2, 0.25) is 0 Å². The van der Waals surface area contributed by atoms with Crippen molar-refractivity contribution in [3.8, 4) is 22.3 Å². The molecule has 8 heteroatoms. The lowest BCUT2D eigenvalue weighted by Crippen LogP contribution is -2.32. The standard InChI is InChI=1S/C30H37FN2O5/c1-18(2)32-30(38)29-28(20-8-6-5-7-9-20)27(21-10-12-22(31)13-11-21)25(33(29)19(3)4)15-14-23(34)16-24(35)17-26(36)37/h5-13,18-19,23-24,34-35H,14-17H2,1-4H3,(H,32,38)(H,36,37)/p-1/t23-,24-/m1/s1. The normalized spacial score (nSPS) is 13.1. The van der Waals surface area contributed by atoms with Crippen molar-refractivity contribution in [1.29, 1.82) is 0 Å². The van der Waals surface area contributed by atoms with Crippen LogP contribution in [-0.4, -0.2) is 44.9 Å². The number of carbonyl (C=O) groups excluding carboxylic acids is 2. The molecule has 7 nitrogen and oxygen atoms in total. The minimum absolute atomic E-state index is 0.105. The third kappa shape index (κ3) is 7.08. The maximum atomic E-state index is 13.9. The number of carbonyl (C=O) groups is 2. The average Bonchev–Trinajstić information content (AvgIpc) is 3.18. The summed E-state index contributed by atoms with van der Waals surface area (Å²) in [5, 5.41) is 34.4. The molecule has 0 saturated heterocycles. The second-order valence-corrected chi connectivity index (χ2v) is 10.2. The topological polar surface area (TPSA) is 115 Å². The Balaban J connectivity index is 2.22. The van der Waals surface area contributed by atoms with Gasteiger partial charge in [0.25, 0.3) is 5.91 Å². The third-order valence-electron chi connectivity index (χ3n) is 6.31. The van der Waals surface area contributed by atoms with Crippen LogP contribution in [0.3, 0.4) is 0 Å². The van der Waals surface area contributed by atoms with Crippen LogP contribution < -0.4 is 10.4 Å². The number of aliphatic carboxylic acids is 1. The second-order valence-electron chi connectivity index (χ2n) is 10.2. The van der Waals surface area contributed by atoms with Crippen LogP contribution in [0.2, 0.25) is 0 Å². The molecule has 0 unspecified atom stereocenters. The summed E-state index contributed by atoms with van der Waals surface area (Å²) < 4.78 is 15.9. The first-order valence-corrected chi connectivity index (χ1v) is 12.9. The number of aliphatic hydroxyl groups excluding tert-OH is 2. The first-order chi connectivity index (χ1) is 18.0. The Morgan fingerprint density at radius 2 is 1.53 bits per heavy atom. The summed E-state index contributed by atoms with van der Waals surface area (Å²) in [5.74, 6) is -2.01. The second kappa shape index (κ2) is 12.8. The Kier molecular flexibility index (Phi) is 9.83. The molecule has 0 aliphatic heterocycles. The predicted molar refractivity (Wildman–Crippen MR) is 143 cm³/mol. The molecule has 1 heterocycles. The van der Waals surface area contributed by atoms with E-state index in [4.69, 9.17) is 0 Å². The molecule has 0 fully saturated rings. The van der Waals surface area contributed by atoms with E-state index >= 15 is 0 Å². The van der Waals surface area contributed by atoms with Gasteiger partial charge >= 0.3 is 0 Å². The van der Waals surface area contributed by atoms with Crippen molar-refractivity contribution in [2.45, 2.75) is 77.7 Å². The van der Waals surface area contributed by atoms with E-state index in [1.54, 1.807) is 12.1 Å². The molecule has 2 atom stereocenters. The van der Waals surface area contributed by atoms with Gasteiger partial charge in [0.15, 0.2) is 0 Å². The number of nitrogens with one attached hydrogen (secondary N) is 1. The molecule has 1 aromatic heterocycles. The van der Waals surface area contributed by atoms with Gasteiger partial charge in [-0.2, -0.15) is 0 Å². The molecule has 0 aliphatic rings. The molecule has 0 saturated carbocycles. The number of hydrogen-bond donors (Lipinski definition) is 3. The lowest BCUT2D eigenvalue weighted by atomic mass is 9.92. The minimum Gasteiger partial charge on any atom is -0.550 e. The van der Waals surface area contributed by atoms with Gasteiger partial charge in [0.05, 0.1) is 12.2 Å². The Bertz CT molecular complexity index is 1240. The molecule has 204 valence electrons. The summed E-state index contributed by atoms with van der Waals surface area (Å²) in [6.45, 7) is 7.72. The maximum absolute atomic E-state index is 13.9. The van der Waals surface area contributed by atoms with Gasteiger partial charge in [-0.15, -0.1) is 0 Å². The van der Waals surface area contributed by atoms with Gasteiger partial charge in [0, 0.05) is 41.3 Å². The maximum Gasteiger partial charge on any atom is 0.268 e. The predicted octanol–water partition coefficient (Wildman–Crippen LogP) is 3.86. The van der Waals surface area contributed by atoms with E-state index in [2.05, 4.69) is 5.32 Å². The molecule has 0 radical (unpaired) electrons. The summed E-state index contributed by atoms with van der Waals surface area (Å²) in [7, 11) is 0. The fourth-order valence-corrected chi connectivity index (χ4v) is 4.83.